The van der Waals surface area contributed by atoms with Crippen molar-refractivity contribution in [3.05, 3.63) is 46.9 Å². The molecule has 0 bridgehead atoms. The zero-order valence-corrected chi connectivity index (χ0v) is 9.84. The molecule has 1 heteroatoms. The molecule has 1 fully saturated rings. The molecule has 0 aromatic rings. The van der Waals surface area contributed by atoms with Gasteiger partial charge in [-0.15, -0.1) is 11.8 Å². The van der Waals surface area contributed by atoms with Crippen molar-refractivity contribution in [2.75, 3.05) is 0 Å². The first kappa shape index (κ1) is 9.53. The van der Waals surface area contributed by atoms with Crippen molar-refractivity contribution in [2.24, 2.45) is 11.8 Å². The van der Waals surface area contributed by atoms with Crippen LogP contribution in [0.4, 0.5) is 0 Å². The van der Waals surface area contributed by atoms with Gasteiger partial charge in [-0.05, 0) is 30.3 Å². The molecule has 2 aliphatic carbocycles. The molecule has 0 nitrogen and oxygen atoms in total. The van der Waals surface area contributed by atoms with Gasteiger partial charge >= 0.3 is 0 Å². The van der Waals surface area contributed by atoms with Crippen LogP contribution in [-0.2, 0) is 0 Å². The van der Waals surface area contributed by atoms with Crippen LogP contribution in [0.15, 0.2) is 46.9 Å². The summed E-state index contributed by atoms with van der Waals surface area (Å²) >= 11 is 2.06. The zero-order valence-electron chi connectivity index (χ0n) is 9.02. The van der Waals surface area contributed by atoms with Gasteiger partial charge < -0.3 is 0 Å². The monoisotopic (exact) mass is 216 g/mol. The highest BCUT2D eigenvalue weighted by atomic mass is 32.2. The first-order valence-corrected chi connectivity index (χ1v) is 6.66. The maximum absolute atomic E-state index is 2.45. The van der Waals surface area contributed by atoms with Crippen LogP contribution in [0.5, 0.6) is 0 Å². The molecule has 0 aromatic carbocycles. The van der Waals surface area contributed by atoms with E-state index < -0.39 is 0 Å². The minimum absolute atomic E-state index is 0.673. The molecule has 3 aliphatic rings. The molecule has 0 N–H and O–H groups in total. The average Bonchev–Trinajstić information content (AvgIpc) is 2.30. The highest BCUT2D eigenvalue weighted by Gasteiger charge is 2.34. The van der Waals surface area contributed by atoms with Crippen LogP contribution in [0.1, 0.15) is 19.8 Å². The summed E-state index contributed by atoms with van der Waals surface area (Å²) in [5.41, 5.74) is 1.60. The van der Waals surface area contributed by atoms with Crippen molar-refractivity contribution >= 4 is 11.8 Å². The van der Waals surface area contributed by atoms with Crippen LogP contribution in [0.25, 0.3) is 0 Å². The second-order valence-corrected chi connectivity index (χ2v) is 5.74. The maximum Gasteiger partial charge on any atom is 0.0346 e. The molecule has 15 heavy (non-hydrogen) atoms. The summed E-state index contributed by atoms with van der Waals surface area (Å²) in [6.45, 7) is 2.38. The quantitative estimate of drug-likeness (QED) is 0.588. The Labute approximate surface area is 95.8 Å². The van der Waals surface area contributed by atoms with E-state index in [1.54, 1.807) is 10.5 Å². The van der Waals surface area contributed by atoms with Gasteiger partial charge in [-0.2, -0.15) is 0 Å². The topological polar surface area (TPSA) is 0 Å². The minimum atomic E-state index is 0.673. The van der Waals surface area contributed by atoms with Crippen molar-refractivity contribution in [2.45, 2.75) is 25.0 Å². The van der Waals surface area contributed by atoms with E-state index in [1.807, 2.05) is 0 Å². The number of rotatable bonds is 0. The largest absolute Gasteiger partial charge is 0.118 e. The second kappa shape index (κ2) is 3.71. The van der Waals surface area contributed by atoms with Gasteiger partial charge in [-0.1, -0.05) is 43.4 Å². The SMILES string of the molecule is CC1C2=CCCC=C2SC2C=CC=CC21. The Hall–Kier alpha value is -0.690. The minimum Gasteiger partial charge on any atom is -0.118 e. The molecular formula is C14H16S. The van der Waals surface area contributed by atoms with Gasteiger partial charge in [0.2, 0.25) is 0 Å². The van der Waals surface area contributed by atoms with Crippen LogP contribution in [0, 0.1) is 11.8 Å². The molecule has 78 valence electrons. The molecule has 3 unspecified atom stereocenters. The van der Waals surface area contributed by atoms with Crippen molar-refractivity contribution in [1.82, 2.24) is 0 Å². The summed E-state index contributed by atoms with van der Waals surface area (Å²) in [5.74, 6) is 1.41. The average molecular weight is 216 g/mol. The fraction of sp³-hybridized carbons (Fsp3) is 0.429. The molecule has 1 aliphatic heterocycles. The number of hydrogen-bond donors (Lipinski definition) is 0. The normalized spacial score (nSPS) is 37.8. The Morgan fingerprint density at radius 3 is 2.87 bits per heavy atom. The summed E-state index contributed by atoms with van der Waals surface area (Å²) in [6.07, 6.45) is 16.5. The molecular weight excluding hydrogens is 200 g/mol. The fourth-order valence-corrected chi connectivity index (χ4v) is 4.29. The van der Waals surface area contributed by atoms with Gasteiger partial charge in [0.15, 0.2) is 0 Å². The molecule has 0 aromatic heterocycles. The van der Waals surface area contributed by atoms with E-state index in [1.165, 1.54) is 12.8 Å². The lowest BCUT2D eigenvalue weighted by atomic mass is 9.80. The molecule has 3 rings (SSSR count). The van der Waals surface area contributed by atoms with E-state index in [0.717, 1.165) is 0 Å². The Balaban J connectivity index is 1.97. The Morgan fingerprint density at radius 2 is 1.93 bits per heavy atom. The number of allylic oxidation sites excluding steroid dienone is 6. The smallest absolute Gasteiger partial charge is 0.0346 e. The summed E-state index contributed by atoms with van der Waals surface area (Å²) < 4.78 is 0. The number of thioether (sulfide) groups is 1. The van der Waals surface area contributed by atoms with Crippen LogP contribution < -0.4 is 0 Å². The zero-order chi connectivity index (χ0) is 10.3. The van der Waals surface area contributed by atoms with Crippen molar-refractivity contribution in [1.29, 1.82) is 0 Å². The van der Waals surface area contributed by atoms with E-state index >= 15 is 0 Å². The Morgan fingerprint density at radius 1 is 1.13 bits per heavy atom. The molecule has 3 atom stereocenters. The number of fused-ring (bicyclic) bond motifs is 2. The molecule has 0 radical (unpaired) electrons. The first-order valence-electron chi connectivity index (χ1n) is 5.78. The lowest BCUT2D eigenvalue weighted by Crippen LogP contribution is -2.29. The van der Waals surface area contributed by atoms with E-state index in [9.17, 15) is 0 Å². The molecule has 1 heterocycles. The van der Waals surface area contributed by atoms with Gasteiger partial charge in [0.1, 0.15) is 0 Å². The molecule has 0 saturated carbocycles. The second-order valence-electron chi connectivity index (χ2n) is 4.52. The third kappa shape index (κ3) is 1.53. The first-order chi connectivity index (χ1) is 7.36. The highest BCUT2D eigenvalue weighted by molar-refractivity contribution is 8.04. The predicted molar refractivity (Wildman–Crippen MR) is 67.7 cm³/mol. The Kier molecular flexibility index (Phi) is 2.36. The fourth-order valence-electron chi connectivity index (χ4n) is 2.73. The maximum atomic E-state index is 2.45. The van der Waals surface area contributed by atoms with Crippen LogP contribution >= 0.6 is 11.8 Å². The van der Waals surface area contributed by atoms with E-state index in [-0.39, 0.29) is 0 Å². The summed E-state index contributed by atoms with van der Waals surface area (Å²) in [4.78, 5) is 1.55. The van der Waals surface area contributed by atoms with Gasteiger partial charge in [0.05, 0.1) is 0 Å². The van der Waals surface area contributed by atoms with Crippen molar-refractivity contribution in [3.63, 3.8) is 0 Å². The van der Waals surface area contributed by atoms with Gasteiger partial charge in [-0.25, -0.2) is 0 Å². The standard InChI is InChI=1S/C14H16S/c1-10-11-6-2-4-8-13(11)15-14-9-5-3-7-12(10)14/h2,4,6-11,13H,3,5H2,1H3. The summed E-state index contributed by atoms with van der Waals surface area (Å²) in [5, 5.41) is 0.673. The van der Waals surface area contributed by atoms with E-state index in [0.29, 0.717) is 17.1 Å². The van der Waals surface area contributed by atoms with E-state index in [2.05, 4.69) is 55.1 Å². The van der Waals surface area contributed by atoms with E-state index in [4.69, 9.17) is 0 Å². The van der Waals surface area contributed by atoms with Crippen LogP contribution in [0.2, 0.25) is 0 Å². The van der Waals surface area contributed by atoms with Gasteiger partial charge in [0, 0.05) is 10.2 Å². The van der Waals surface area contributed by atoms with Crippen molar-refractivity contribution in [3.8, 4) is 0 Å². The third-order valence-electron chi connectivity index (χ3n) is 3.60. The molecule has 0 spiro atoms. The van der Waals surface area contributed by atoms with Crippen LogP contribution in [-0.4, -0.2) is 5.25 Å². The Bertz CT molecular complexity index is 384. The molecule has 1 saturated heterocycles. The summed E-state index contributed by atoms with van der Waals surface area (Å²) in [7, 11) is 0. The highest BCUT2D eigenvalue weighted by Crippen LogP contribution is 2.49. The van der Waals surface area contributed by atoms with Crippen LogP contribution in [0.3, 0.4) is 0 Å². The lowest BCUT2D eigenvalue weighted by Gasteiger charge is -2.38. The lowest BCUT2D eigenvalue weighted by molar-refractivity contribution is 0.495. The summed E-state index contributed by atoms with van der Waals surface area (Å²) in [6, 6.07) is 0. The van der Waals surface area contributed by atoms with Gasteiger partial charge in [0.25, 0.3) is 0 Å². The van der Waals surface area contributed by atoms with Crippen molar-refractivity contribution < 1.29 is 0 Å². The van der Waals surface area contributed by atoms with Gasteiger partial charge in [-0.3, -0.25) is 0 Å². The molecule has 0 amide bonds. The third-order valence-corrected chi connectivity index (χ3v) is 5.00. The number of hydrogen-bond acceptors (Lipinski definition) is 1. The predicted octanol–water partition coefficient (Wildman–Crippen LogP) is 4.08.